The number of phenols is 1. The lowest BCUT2D eigenvalue weighted by atomic mass is 10.1. The maximum Gasteiger partial charge on any atom is 0.124 e. The smallest absolute Gasteiger partial charge is 0.124 e. The van der Waals surface area contributed by atoms with Crippen LogP contribution in [0, 0.1) is 0 Å². The van der Waals surface area contributed by atoms with Crippen molar-refractivity contribution in [2.24, 2.45) is 17.2 Å². The number of nitrogens with two attached hydrogens (primary N) is 3. The molecule has 0 saturated carbocycles. The van der Waals surface area contributed by atoms with Crippen LogP contribution in [0.2, 0.25) is 0 Å². The fourth-order valence-corrected chi connectivity index (χ4v) is 3.48. The molecule has 1 saturated heterocycles. The first kappa shape index (κ1) is 18.5. The van der Waals surface area contributed by atoms with E-state index in [0.29, 0.717) is 17.0 Å². The molecule has 27 heavy (non-hydrogen) atoms. The van der Waals surface area contributed by atoms with E-state index >= 15 is 0 Å². The Morgan fingerprint density at radius 3 is 2.30 bits per heavy atom. The average Bonchev–Trinajstić information content (AvgIpc) is 2.66. The number of anilines is 1. The lowest BCUT2D eigenvalue weighted by Crippen LogP contribution is -2.52. The van der Waals surface area contributed by atoms with E-state index in [1.165, 1.54) is 5.69 Å². The van der Waals surface area contributed by atoms with Crippen LogP contribution in [0.4, 0.5) is 5.69 Å². The van der Waals surface area contributed by atoms with Crippen LogP contribution in [0.1, 0.15) is 12.5 Å². The van der Waals surface area contributed by atoms with Crippen LogP contribution in [0.3, 0.4) is 0 Å². The van der Waals surface area contributed by atoms with E-state index in [0.717, 1.165) is 19.6 Å². The SMILES string of the molecule is CC1CN(C(/C=C(\N)c2ccccc2O)=C(N)N)CCN1c1ccccc1. The van der Waals surface area contributed by atoms with Gasteiger partial charge in [-0.25, -0.2) is 0 Å². The summed E-state index contributed by atoms with van der Waals surface area (Å²) >= 11 is 0. The zero-order valence-corrected chi connectivity index (χ0v) is 15.5. The molecule has 0 radical (unpaired) electrons. The third-order valence-corrected chi connectivity index (χ3v) is 4.86. The highest BCUT2D eigenvalue weighted by Crippen LogP contribution is 2.26. The van der Waals surface area contributed by atoms with Gasteiger partial charge in [0.05, 0.1) is 5.70 Å². The van der Waals surface area contributed by atoms with Crippen molar-refractivity contribution in [1.82, 2.24) is 4.90 Å². The van der Waals surface area contributed by atoms with Crippen molar-refractivity contribution in [2.75, 3.05) is 24.5 Å². The zero-order chi connectivity index (χ0) is 19.4. The van der Waals surface area contributed by atoms with Crippen LogP contribution in [0.5, 0.6) is 5.75 Å². The van der Waals surface area contributed by atoms with Crippen LogP contribution in [-0.4, -0.2) is 35.7 Å². The van der Waals surface area contributed by atoms with Gasteiger partial charge in [0, 0.05) is 42.6 Å². The Hall–Kier alpha value is -3.28. The Morgan fingerprint density at radius 1 is 1.00 bits per heavy atom. The highest BCUT2D eigenvalue weighted by Gasteiger charge is 2.25. The topological polar surface area (TPSA) is 105 Å². The summed E-state index contributed by atoms with van der Waals surface area (Å²) in [7, 11) is 0. The number of aromatic hydroxyl groups is 1. The molecule has 1 heterocycles. The molecule has 7 N–H and O–H groups in total. The fraction of sp³-hybridized carbons (Fsp3) is 0.238. The normalized spacial score (nSPS) is 17.7. The van der Waals surface area contributed by atoms with Gasteiger partial charge in [0.1, 0.15) is 11.6 Å². The predicted octanol–water partition coefficient (Wildman–Crippen LogP) is 1.99. The predicted molar refractivity (Wildman–Crippen MR) is 110 cm³/mol. The van der Waals surface area contributed by atoms with E-state index in [2.05, 4.69) is 28.9 Å². The summed E-state index contributed by atoms with van der Waals surface area (Å²) in [6.45, 7) is 4.58. The Kier molecular flexibility index (Phi) is 5.45. The van der Waals surface area contributed by atoms with Crippen LogP contribution in [0.25, 0.3) is 5.70 Å². The van der Waals surface area contributed by atoms with E-state index < -0.39 is 0 Å². The van der Waals surface area contributed by atoms with Gasteiger partial charge in [-0.1, -0.05) is 30.3 Å². The minimum Gasteiger partial charge on any atom is -0.507 e. The first-order valence-corrected chi connectivity index (χ1v) is 9.04. The fourth-order valence-electron chi connectivity index (χ4n) is 3.48. The molecule has 1 aliphatic heterocycles. The Labute approximate surface area is 160 Å². The lowest BCUT2D eigenvalue weighted by Gasteiger charge is -2.42. The molecule has 1 unspecified atom stereocenters. The van der Waals surface area contributed by atoms with E-state index in [1.54, 1.807) is 24.3 Å². The number of phenolic OH excluding ortho intramolecular Hbond substituents is 1. The van der Waals surface area contributed by atoms with Gasteiger partial charge >= 0.3 is 0 Å². The first-order chi connectivity index (χ1) is 13.0. The van der Waals surface area contributed by atoms with Crippen LogP contribution >= 0.6 is 0 Å². The number of hydrogen-bond acceptors (Lipinski definition) is 6. The minimum atomic E-state index is 0.128. The molecule has 0 amide bonds. The molecular weight excluding hydrogens is 338 g/mol. The molecule has 0 spiro atoms. The van der Waals surface area contributed by atoms with Crippen molar-refractivity contribution in [3.8, 4) is 5.75 Å². The molecule has 2 aromatic rings. The number of allylic oxidation sites excluding steroid dienone is 1. The average molecular weight is 365 g/mol. The summed E-state index contributed by atoms with van der Waals surface area (Å²) in [5.41, 5.74) is 21.0. The maximum atomic E-state index is 10.0. The molecule has 0 aromatic heterocycles. The van der Waals surface area contributed by atoms with E-state index in [4.69, 9.17) is 17.2 Å². The summed E-state index contributed by atoms with van der Waals surface area (Å²) in [4.78, 5) is 4.52. The molecular formula is C21H27N5O. The monoisotopic (exact) mass is 365 g/mol. The van der Waals surface area contributed by atoms with Crippen LogP contribution < -0.4 is 22.1 Å². The molecule has 6 nitrogen and oxygen atoms in total. The quantitative estimate of drug-likeness (QED) is 0.618. The number of benzene rings is 2. The first-order valence-electron chi connectivity index (χ1n) is 9.04. The number of nitrogens with zero attached hydrogens (tertiary/aromatic N) is 2. The van der Waals surface area contributed by atoms with Gasteiger partial charge in [-0.3, -0.25) is 0 Å². The number of hydrogen-bond donors (Lipinski definition) is 4. The highest BCUT2D eigenvalue weighted by molar-refractivity contribution is 5.70. The van der Waals surface area contributed by atoms with E-state index in [9.17, 15) is 5.11 Å². The van der Waals surface area contributed by atoms with Gasteiger partial charge in [0.2, 0.25) is 0 Å². The molecule has 142 valence electrons. The van der Waals surface area contributed by atoms with Crippen molar-refractivity contribution in [2.45, 2.75) is 13.0 Å². The second-order valence-electron chi connectivity index (χ2n) is 6.78. The van der Waals surface area contributed by atoms with E-state index in [-0.39, 0.29) is 17.6 Å². The maximum absolute atomic E-state index is 10.0. The minimum absolute atomic E-state index is 0.128. The van der Waals surface area contributed by atoms with Crippen molar-refractivity contribution < 1.29 is 5.11 Å². The molecule has 1 fully saturated rings. The number of piperazine rings is 1. The summed E-state index contributed by atoms with van der Waals surface area (Å²) in [5, 5.41) is 10.0. The van der Waals surface area contributed by atoms with Gasteiger partial charge in [-0.2, -0.15) is 0 Å². The van der Waals surface area contributed by atoms with Crippen molar-refractivity contribution in [3.63, 3.8) is 0 Å². The third-order valence-electron chi connectivity index (χ3n) is 4.86. The summed E-state index contributed by atoms with van der Waals surface area (Å²) in [6.07, 6.45) is 1.75. The highest BCUT2D eigenvalue weighted by atomic mass is 16.3. The van der Waals surface area contributed by atoms with Crippen LogP contribution in [0.15, 0.2) is 72.2 Å². The molecule has 0 aliphatic carbocycles. The molecule has 1 atom stereocenters. The molecule has 2 aromatic carbocycles. The lowest BCUT2D eigenvalue weighted by molar-refractivity contribution is 0.288. The van der Waals surface area contributed by atoms with Crippen molar-refractivity contribution >= 4 is 11.4 Å². The van der Waals surface area contributed by atoms with Crippen molar-refractivity contribution in [1.29, 1.82) is 0 Å². The van der Waals surface area contributed by atoms with Gasteiger partial charge in [-0.05, 0) is 37.3 Å². The van der Waals surface area contributed by atoms with Crippen molar-refractivity contribution in [3.05, 3.63) is 77.8 Å². The third kappa shape index (κ3) is 4.11. The molecule has 0 bridgehead atoms. The summed E-state index contributed by atoms with van der Waals surface area (Å²) in [5.74, 6) is 0.345. The second-order valence-corrected chi connectivity index (χ2v) is 6.78. The molecule has 6 heteroatoms. The van der Waals surface area contributed by atoms with Gasteiger partial charge < -0.3 is 32.1 Å². The Bertz CT molecular complexity index is 843. The van der Waals surface area contributed by atoms with Gasteiger partial charge in [-0.15, -0.1) is 0 Å². The molecule has 1 aliphatic rings. The second kappa shape index (κ2) is 7.95. The molecule has 3 rings (SSSR count). The van der Waals surface area contributed by atoms with Gasteiger partial charge in [0.25, 0.3) is 0 Å². The Balaban J connectivity index is 1.81. The standard InChI is InChI=1S/C21H27N5O/c1-15-14-25(11-12-26(15)16-7-3-2-4-8-16)19(21(23)24)13-18(22)17-9-5-6-10-20(17)27/h2-10,13,15,27H,11-12,14,22-24H2,1H3/b18-13-. The van der Waals surface area contributed by atoms with E-state index in [1.807, 2.05) is 24.3 Å². The largest absolute Gasteiger partial charge is 0.507 e. The summed E-state index contributed by atoms with van der Waals surface area (Å²) < 4.78 is 0. The van der Waals surface area contributed by atoms with Gasteiger partial charge in [0.15, 0.2) is 0 Å². The zero-order valence-electron chi connectivity index (χ0n) is 15.5. The number of rotatable bonds is 4. The number of para-hydroxylation sites is 2. The summed E-state index contributed by atoms with van der Waals surface area (Å²) in [6, 6.07) is 17.6. The van der Waals surface area contributed by atoms with Crippen LogP contribution in [-0.2, 0) is 0 Å². The Morgan fingerprint density at radius 2 is 1.67 bits per heavy atom.